The third-order valence-electron chi connectivity index (χ3n) is 3.49. The molecule has 0 fully saturated rings. The number of nitrogens with zero attached hydrogens (tertiary/aromatic N) is 1. The summed E-state index contributed by atoms with van der Waals surface area (Å²) in [6, 6.07) is 10.4. The van der Waals surface area contributed by atoms with E-state index in [4.69, 9.17) is 0 Å². The molecule has 0 aliphatic carbocycles. The second-order valence-electron chi connectivity index (χ2n) is 5.35. The van der Waals surface area contributed by atoms with Gasteiger partial charge in [-0.1, -0.05) is 32.0 Å². The average Bonchev–Trinajstić information content (AvgIpc) is 2.38. The molecule has 0 unspecified atom stereocenters. The molecule has 2 N–H and O–H groups in total. The lowest BCUT2D eigenvalue weighted by molar-refractivity contribution is 0.210. The first-order valence-electron chi connectivity index (χ1n) is 6.81. The Morgan fingerprint density at radius 3 is 2.68 bits per heavy atom. The van der Waals surface area contributed by atoms with Crippen LogP contribution in [-0.2, 0) is 6.54 Å². The van der Waals surface area contributed by atoms with Crippen molar-refractivity contribution in [3.8, 4) is 0 Å². The molecule has 102 valence electrons. The number of hydrogen-bond acceptors (Lipinski definition) is 3. The first-order chi connectivity index (χ1) is 9.11. The van der Waals surface area contributed by atoms with Crippen LogP contribution in [0.25, 0.3) is 10.9 Å². The van der Waals surface area contributed by atoms with E-state index >= 15 is 0 Å². The Morgan fingerprint density at radius 1 is 1.26 bits per heavy atom. The van der Waals surface area contributed by atoms with Crippen LogP contribution in [0.4, 0.5) is 0 Å². The van der Waals surface area contributed by atoms with Crippen LogP contribution in [0.15, 0.2) is 30.3 Å². The maximum absolute atomic E-state index is 9.37. The quantitative estimate of drug-likeness (QED) is 0.866. The zero-order valence-corrected chi connectivity index (χ0v) is 11.9. The van der Waals surface area contributed by atoms with E-state index in [-0.39, 0.29) is 12.6 Å². The van der Waals surface area contributed by atoms with Crippen molar-refractivity contribution in [1.82, 2.24) is 10.3 Å². The molecule has 0 saturated carbocycles. The maximum Gasteiger partial charge on any atom is 0.0708 e. The Morgan fingerprint density at radius 2 is 2.00 bits per heavy atom. The average molecular weight is 258 g/mol. The van der Waals surface area contributed by atoms with E-state index in [0.29, 0.717) is 5.92 Å². The van der Waals surface area contributed by atoms with Gasteiger partial charge >= 0.3 is 0 Å². The number of nitrogens with one attached hydrogen (secondary N) is 1. The molecule has 3 heteroatoms. The van der Waals surface area contributed by atoms with Gasteiger partial charge in [-0.2, -0.15) is 0 Å². The van der Waals surface area contributed by atoms with Gasteiger partial charge in [-0.05, 0) is 30.5 Å². The zero-order valence-electron chi connectivity index (χ0n) is 11.9. The summed E-state index contributed by atoms with van der Waals surface area (Å²) in [4.78, 5) is 4.54. The van der Waals surface area contributed by atoms with Crippen molar-refractivity contribution in [2.24, 2.45) is 5.92 Å². The van der Waals surface area contributed by atoms with Gasteiger partial charge in [-0.15, -0.1) is 0 Å². The Bertz CT molecular complexity index is 551. The molecule has 2 aromatic rings. The van der Waals surface area contributed by atoms with Gasteiger partial charge in [0.25, 0.3) is 0 Å². The lowest BCUT2D eigenvalue weighted by Crippen LogP contribution is -2.36. The summed E-state index contributed by atoms with van der Waals surface area (Å²) in [6.45, 7) is 7.17. The molecular weight excluding hydrogens is 236 g/mol. The monoisotopic (exact) mass is 258 g/mol. The van der Waals surface area contributed by atoms with Crippen LogP contribution in [0.1, 0.15) is 25.1 Å². The van der Waals surface area contributed by atoms with Gasteiger partial charge in [0.1, 0.15) is 0 Å². The van der Waals surface area contributed by atoms with Gasteiger partial charge < -0.3 is 10.4 Å². The lowest BCUT2D eigenvalue weighted by atomic mass is 10.0. The van der Waals surface area contributed by atoms with Crippen LogP contribution in [-0.4, -0.2) is 22.7 Å². The van der Waals surface area contributed by atoms with Gasteiger partial charge in [-0.3, -0.25) is 4.98 Å². The predicted molar refractivity (Wildman–Crippen MR) is 79.0 cm³/mol. The highest BCUT2D eigenvalue weighted by atomic mass is 16.3. The van der Waals surface area contributed by atoms with Crippen LogP contribution in [0, 0.1) is 12.8 Å². The zero-order chi connectivity index (χ0) is 13.8. The van der Waals surface area contributed by atoms with E-state index < -0.39 is 0 Å². The van der Waals surface area contributed by atoms with Crippen molar-refractivity contribution < 1.29 is 5.11 Å². The summed E-state index contributed by atoms with van der Waals surface area (Å²) in [5, 5.41) is 14.0. The fourth-order valence-electron chi connectivity index (χ4n) is 2.29. The number of para-hydroxylation sites is 1. The molecule has 2 rings (SSSR count). The van der Waals surface area contributed by atoms with Gasteiger partial charge in [-0.25, -0.2) is 0 Å². The number of aryl methyl sites for hydroxylation is 1. The number of pyridine rings is 1. The minimum atomic E-state index is 0.132. The predicted octanol–water partition coefficient (Wildman–Crippen LogP) is 2.65. The molecule has 0 aliphatic heterocycles. The molecule has 0 radical (unpaired) electrons. The number of benzene rings is 1. The molecule has 0 saturated heterocycles. The van der Waals surface area contributed by atoms with Crippen molar-refractivity contribution in [2.75, 3.05) is 6.61 Å². The standard InChI is InChI=1S/C16H22N2O/c1-11(2)16(10-19)17-9-13-8-12(3)18-15-7-5-4-6-14(13)15/h4-8,11,16-17,19H,9-10H2,1-3H3/t16-/m1/s1. The molecule has 19 heavy (non-hydrogen) atoms. The van der Waals surface area contributed by atoms with E-state index in [1.165, 1.54) is 10.9 Å². The summed E-state index contributed by atoms with van der Waals surface area (Å²) in [5.41, 5.74) is 3.30. The summed E-state index contributed by atoms with van der Waals surface area (Å²) in [7, 11) is 0. The van der Waals surface area contributed by atoms with E-state index in [1.807, 2.05) is 25.1 Å². The molecule has 1 heterocycles. The molecule has 0 aliphatic rings. The lowest BCUT2D eigenvalue weighted by Gasteiger charge is -2.20. The molecule has 1 aromatic heterocycles. The fourth-order valence-corrected chi connectivity index (χ4v) is 2.29. The van der Waals surface area contributed by atoms with E-state index in [0.717, 1.165) is 17.8 Å². The van der Waals surface area contributed by atoms with Crippen molar-refractivity contribution in [3.05, 3.63) is 41.6 Å². The summed E-state index contributed by atoms with van der Waals surface area (Å²) in [6.07, 6.45) is 0. The Labute approximate surface area is 114 Å². The number of aromatic nitrogens is 1. The highest BCUT2D eigenvalue weighted by Crippen LogP contribution is 2.18. The van der Waals surface area contributed by atoms with Gasteiger partial charge in [0.15, 0.2) is 0 Å². The Kier molecular flexibility index (Phi) is 4.51. The largest absolute Gasteiger partial charge is 0.395 e. The number of aliphatic hydroxyl groups excluding tert-OH is 1. The van der Waals surface area contributed by atoms with E-state index in [1.54, 1.807) is 0 Å². The Balaban J connectivity index is 2.25. The smallest absolute Gasteiger partial charge is 0.0708 e. The highest BCUT2D eigenvalue weighted by molar-refractivity contribution is 5.82. The third kappa shape index (κ3) is 3.31. The number of hydrogen-bond donors (Lipinski definition) is 2. The first kappa shape index (κ1) is 14.0. The normalized spacial score (nSPS) is 13.1. The molecule has 0 amide bonds. The first-order valence-corrected chi connectivity index (χ1v) is 6.81. The molecular formula is C16H22N2O. The summed E-state index contributed by atoms with van der Waals surface area (Å²) in [5.74, 6) is 0.416. The number of aliphatic hydroxyl groups is 1. The van der Waals surface area contributed by atoms with Gasteiger partial charge in [0, 0.05) is 23.7 Å². The third-order valence-corrected chi connectivity index (χ3v) is 3.49. The molecule has 0 bridgehead atoms. The molecule has 3 nitrogen and oxygen atoms in total. The van der Waals surface area contributed by atoms with Crippen LogP contribution in [0.3, 0.4) is 0 Å². The SMILES string of the molecule is Cc1cc(CN[C@H](CO)C(C)C)c2ccccc2n1. The van der Waals surface area contributed by atoms with Crippen molar-refractivity contribution in [1.29, 1.82) is 0 Å². The van der Waals surface area contributed by atoms with Gasteiger partial charge in [0.2, 0.25) is 0 Å². The molecule has 1 atom stereocenters. The van der Waals surface area contributed by atoms with Crippen LogP contribution >= 0.6 is 0 Å². The van der Waals surface area contributed by atoms with Crippen molar-refractivity contribution >= 4 is 10.9 Å². The maximum atomic E-state index is 9.37. The van der Waals surface area contributed by atoms with Crippen LogP contribution in [0.5, 0.6) is 0 Å². The second kappa shape index (κ2) is 6.13. The fraction of sp³-hybridized carbons (Fsp3) is 0.438. The summed E-state index contributed by atoms with van der Waals surface area (Å²) >= 11 is 0. The van der Waals surface area contributed by atoms with Crippen molar-refractivity contribution in [3.63, 3.8) is 0 Å². The van der Waals surface area contributed by atoms with E-state index in [9.17, 15) is 5.11 Å². The molecule has 1 aromatic carbocycles. The second-order valence-corrected chi connectivity index (χ2v) is 5.35. The van der Waals surface area contributed by atoms with Crippen LogP contribution < -0.4 is 5.32 Å². The molecule has 0 spiro atoms. The number of fused-ring (bicyclic) bond motifs is 1. The van der Waals surface area contributed by atoms with E-state index in [2.05, 4.69) is 36.3 Å². The topological polar surface area (TPSA) is 45.1 Å². The van der Waals surface area contributed by atoms with Crippen molar-refractivity contribution in [2.45, 2.75) is 33.4 Å². The minimum absolute atomic E-state index is 0.132. The Hall–Kier alpha value is -1.45. The minimum Gasteiger partial charge on any atom is -0.395 e. The number of rotatable bonds is 5. The van der Waals surface area contributed by atoms with Crippen LogP contribution in [0.2, 0.25) is 0 Å². The van der Waals surface area contributed by atoms with Gasteiger partial charge in [0.05, 0.1) is 12.1 Å². The summed E-state index contributed by atoms with van der Waals surface area (Å²) < 4.78 is 0. The highest BCUT2D eigenvalue weighted by Gasteiger charge is 2.12.